The zero-order valence-electron chi connectivity index (χ0n) is 14.3. The van der Waals surface area contributed by atoms with Crippen molar-refractivity contribution < 1.29 is 4.79 Å². The number of amides is 1. The van der Waals surface area contributed by atoms with Crippen LogP contribution < -0.4 is 5.32 Å². The first-order valence-corrected chi connectivity index (χ1v) is 9.52. The van der Waals surface area contributed by atoms with Crippen molar-refractivity contribution >= 4 is 17.2 Å². The molecule has 1 amide bonds. The van der Waals surface area contributed by atoms with Crippen LogP contribution in [-0.4, -0.2) is 49.7 Å². The van der Waals surface area contributed by atoms with Crippen molar-refractivity contribution in [3.8, 4) is 5.82 Å². The normalized spacial score (nSPS) is 17.9. The Bertz CT molecular complexity index is 831. The molecule has 4 rings (SSSR count). The van der Waals surface area contributed by atoms with Crippen LogP contribution in [0.25, 0.3) is 5.82 Å². The second kappa shape index (κ2) is 7.76. The van der Waals surface area contributed by atoms with Gasteiger partial charge < -0.3 is 5.32 Å². The van der Waals surface area contributed by atoms with Crippen LogP contribution in [0.1, 0.15) is 28.1 Å². The summed E-state index contributed by atoms with van der Waals surface area (Å²) in [6.07, 6.45) is 6.86. The summed E-state index contributed by atoms with van der Waals surface area (Å²) in [5.41, 5.74) is 0.567. The molecule has 1 saturated heterocycles. The Balaban J connectivity index is 1.35. The summed E-state index contributed by atoms with van der Waals surface area (Å²) in [7, 11) is 0. The van der Waals surface area contributed by atoms with E-state index in [9.17, 15) is 4.79 Å². The summed E-state index contributed by atoms with van der Waals surface area (Å²) >= 11 is 1.78. The smallest absolute Gasteiger partial charge is 0.253 e. The van der Waals surface area contributed by atoms with Crippen molar-refractivity contribution in [2.75, 3.05) is 13.1 Å². The van der Waals surface area contributed by atoms with Gasteiger partial charge in [-0.2, -0.15) is 0 Å². The molecule has 0 bridgehead atoms. The van der Waals surface area contributed by atoms with E-state index in [0.29, 0.717) is 11.4 Å². The number of thiophene rings is 1. The number of hydrogen-bond donors (Lipinski definition) is 1. The van der Waals surface area contributed by atoms with Crippen molar-refractivity contribution in [3.63, 3.8) is 0 Å². The summed E-state index contributed by atoms with van der Waals surface area (Å²) in [4.78, 5) is 20.6. The van der Waals surface area contributed by atoms with Crippen molar-refractivity contribution in [2.45, 2.75) is 25.4 Å². The molecule has 1 atom stereocenters. The van der Waals surface area contributed by atoms with Gasteiger partial charge in [0, 0.05) is 30.2 Å². The summed E-state index contributed by atoms with van der Waals surface area (Å²) in [6, 6.07) is 8.00. The molecule has 0 unspecified atom stereocenters. The van der Waals surface area contributed by atoms with Gasteiger partial charge in [0.05, 0.1) is 5.56 Å². The maximum Gasteiger partial charge on any atom is 0.253 e. The molecule has 0 spiro atoms. The Hall–Kier alpha value is -2.58. The van der Waals surface area contributed by atoms with Crippen LogP contribution in [0.3, 0.4) is 0 Å². The van der Waals surface area contributed by atoms with Crippen molar-refractivity contribution in [1.82, 2.24) is 30.0 Å². The second-order valence-corrected chi connectivity index (χ2v) is 7.43. The van der Waals surface area contributed by atoms with Gasteiger partial charge in [0.1, 0.15) is 18.5 Å². The van der Waals surface area contributed by atoms with Gasteiger partial charge >= 0.3 is 0 Å². The average molecular weight is 368 g/mol. The van der Waals surface area contributed by atoms with Gasteiger partial charge in [-0.25, -0.2) is 4.98 Å². The standard InChI is InChI=1S/C18H20N6OS/c25-18(14-5-6-17(19-9-14)24-12-20-21-13-24)22-15-3-1-7-23(10-15)11-16-4-2-8-26-16/h2,4-6,8-9,12-13,15H,1,3,7,10-11H2,(H,22,25)/t15-/m0/s1. The van der Waals surface area contributed by atoms with Gasteiger partial charge in [0.25, 0.3) is 5.91 Å². The molecule has 1 fully saturated rings. The molecular weight excluding hydrogens is 348 g/mol. The van der Waals surface area contributed by atoms with Crippen molar-refractivity contribution in [3.05, 3.63) is 58.9 Å². The van der Waals surface area contributed by atoms with E-state index in [4.69, 9.17) is 0 Å². The molecule has 0 radical (unpaired) electrons. The lowest BCUT2D eigenvalue weighted by molar-refractivity contribution is 0.0901. The molecule has 0 saturated carbocycles. The minimum atomic E-state index is -0.0734. The number of nitrogens with zero attached hydrogens (tertiary/aromatic N) is 5. The molecular formula is C18H20N6OS. The largest absolute Gasteiger partial charge is 0.348 e. The fourth-order valence-corrected chi connectivity index (χ4v) is 3.95. The molecule has 3 aromatic heterocycles. The third-order valence-corrected chi connectivity index (χ3v) is 5.35. The highest BCUT2D eigenvalue weighted by atomic mass is 32.1. The van der Waals surface area contributed by atoms with E-state index < -0.39 is 0 Å². The predicted molar refractivity (Wildman–Crippen MR) is 99.2 cm³/mol. The predicted octanol–water partition coefficient (Wildman–Crippen LogP) is 2.12. The first-order chi connectivity index (χ1) is 12.8. The van der Waals surface area contributed by atoms with Crippen LogP contribution in [0.15, 0.2) is 48.5 Å². The molecule has 3 aromatic rings. The van der Waals surface area contributed by atoms with Gasteiger partial charge in [0.2, 0.25) is 0 Å². The van der Waals surface area contributed by atoms with Crippen LogP contribution in [0.5, 0.6) is 0 Å². The Morgan fingerprint density at radius 2 is 2.15 bits per heavy atom. The Morgan fingerprint density at radius 1 is 1.27 bits per heavy atom. The van der Waals surface area contributed by atoms with E-state index in [-0.39, 0.29) is 11.9 Å². The molecule has 1 N–H and O–H groups in total. The van der Waals surface area contributed by atoms with Gasteiger partial charge in [-0.1, -0.05) is 6.07 Å². The molecule has 1 aliphatic rings. The number of likely N-dealkylation sites (tertiary alicyclic amines) is 1. The van der Waals surface area contributed by atoms with Crippen LogP contribution in [-0.2, 0) is 6.54 Å². The average Bonchev–Trinajstić information content (AvgIpc) is 3.36. The summed E-state index contributed by atoms with van der Waals surface area (Å²) < 4.78 is 1.70. The minimum absolute atomic E-state index is 0.0734. The zero-order chi connectivity index (χ0) is 17.8. The molecule has 134 valence electrons. The molecule has 26 heavy (non-hydrogen) atoms. The Kier molecular flexibility index (Phi) is 5.03. The van der Waals surface area contributed by atoms with E-state index in [1.807, 2.05) is 0 Å². The lowest BCUT2D eigenvalue weighted by Gasteiger charge is -2.32. The lowest BCUT2D eigenvalue weighted by atomic mass is 10.1. The number of nitrogens with one attached hydrogen (secondary N) is 1. The van der Waals surface area contributed by atoms with Crippen molar-refractivity contribution in [2.24, 2.45) is 0 Å². The number of carbonyl (C=O) groups is 1. The van der Waals surface area contributed by atoms with Crippen LogP contribution >= 0.6 is 11.3 Å². The molecule has 0 aliphatic carbocycles. The summed E-state index contributed by atoms with van der Waals surface area (Å²) in [5, 5.41) is 12.8. The first-order valence-electron chi connectivity index (χ1n) is 8.64. The third-order valence-electron chi connectivity index (χ3n) is 4.49. The quantitative estimate of drug-likeness (QED) is 0.747. The van der Waals surface area contributed by atoms with E-state index in [0.717, 1.165) is 32.5 Å². The number of piperidine rings is 1. The molecule has 4 heterocycles. The van der Waals surface area contributed by atoms with E-state index in [1.54, 1.807) is 46.9 Å². The number of rotatable bonds is 5. The van der Waals surface area contributed by atoms with Crippen LogP contribution in [0, 0.1) is 0 Å². The SMILES string of the molecule is O=C(N[C@H]1CCCN(Cc2cccs2)C1)c1ccc(-n2cnnc2)nc1. The summed E-state index contributed by atoms with van der Waals surface area (Å²) in [6.45, 7) is 2.93. The van der Waals surface area contributed by atoms with Crippen molar-refractivity contribution in [1.29, 1.82) is 0 Å². The third kappa shape index (κ3) is 3.97. The van der Waals surface area contributed by atoms with Gasteiger partial charge in [-0.15, -0.1) is 21.5 Å². The molecule has 7 nitrogen and oxygen atoms in total. The number of pyridine rings is 1. The lowest BCUT2D eigenvalue weighted by Crippen LogP contribution is -2.47. The van der Waals surface area contributed by atoms with Crippen LogP contribution in [0.4, 0.5) is 0 Å². The Labute approximate surface area is 155 Å². The van der Waals surface area contributed by atoms with Gasteiger partial charge in [0.15, 0.2) is 0 Å². The highest BCUT2D eigenvalue weighted by molar-refractivity contribution is 7.09. The highest BCUT2D eigenvalue weighted by Gasteiger charge is 2.22. The molecule has 0 aromatic carbocycles. The number of aromatic nitrogens is 4. The van der Waals surface area contributed by atoms with E-state index in [1.165, 1.54) is 4.88 Å². The maximum absolute atomic E-state index is 12.5. The monoisotopic (exact) mass is 368 g/mol. The first kappa shape index (κ1) is 16.9. The molecule has 1 aliphatic heterocycles. The zero-order valence-corrected chi connectivity index (χ0v) is 15.1. The Morgan fingerprint density at radius 3 is 2.88 bits per heavy atom. The number of carbonyl (C=O) groups excluding carboxylic acids is 1. The maximum atomic E-state index is 12.5. The second-order valence-electron chi connectivity index (χ2n) is 6.40. The van der Waals surface area contributed by atoms with Gasteiger partial charge in [-0.05, 0) is 43.0 Å². The highest BCUT2D eigenvalue weighted by Crippen LogP contribution is 2.17. The van der Waals surface area contributed by atoms with E-state index in [2.05, 4.69) is 42.9 Å². The molecule has 8 heteroatoms. The fourth-order valence-electron chi connectivity index (χ4n) is 3.20. The number of hydrogen-bond acceptors (Lipinski definition) is 6. The van der Waals surface area contributed by atoms with Gasteiger partial charge in [-0.3, -0.25) is 14.3 Å². The topological polar surface area (TPSA) is 75.9 Å². The minimum Gasteiger partial charge on any atom is -0.348 e. The van der Waals surface area contributed by atoms with Crippen LogP contribution in [0.2, 0.25) is 0 Å². The fraction of sp³-hybridized carbons (Fsp3) is 0.333. The summed E-state index contributed by atoms with van der Waals surface area (Å²) in [5.74, 6) is 0.613. The van der Waals surface area contributed by atoms with E-state index >= 15 is 0 Å².